The lowest BCUT2D eigenvalue weighted by Crippen LogP contribution is -2.40. The second kappa shape index (κ2) is 6.65. The van der Waals surface area contributed by atoms with Gasteiger partial charge in [-0.15, -0.1) is 0 Å². The van der Waals surface area contributed by atoms with Crippen LogP contribution in [0.2, 0.25) is 0 Å². The van der Waals surface area contributed by atoms with Crippen molar-refractivity contribution >= 4 is 5.78 Å². The highest BCUT2D eigenvalue weighted by Crippen LogP contribution is 2.32. The van der Waals surface area contributed by atoms with E-state index in [1.54, 1.807) is 0 Å². The number of carbonyl (C=O) groups is 1. The van der Waals surface area contributed by atoms with Gasteiger partial charge in [-0.25, -0.2) is 0 Å². The summed E-state index contributed by atoms with van der Waals surface area (Å²) in [5.41, 5.74) is 5.50. The molecule has 3 heteroatoms. The van der Waals surface area contributed by atoms with Crippen LogP contribution in [0.5, 0.6) is 0 Å². The molecule has 0 radical (unpaired) electrons. The predicted molar refractivity (Wildman–Crippen MR) is 91.9 cm³/mol. The molecule has 3 nitrogen and oxygen atoms in total. The Balaban J connectivity index is 2.62. The quantitative estimate of drug-likeness (QED) is 0.611. The summed E-state index contributed by atoms with van der Waals surface area (Å²) in [5.74, 6) is -1.63. The van der Waals surface area contributed by atoms with Crippen LogP contribution in [0.15, 0.2) is 36.4 Å². The molecule has 2 aromatic carbocycles. The Bertz CT molecular complexity index is 687. The van der Waals surface area contributed by atoms with E-state index in [2.05, 4.69) is 6.07 Å². The summed E-state index contributed by atoms with van der Waals surface area (Å²) >= 11 is 0. The maximum Gasteiger partial charge on any atom is 0.260 e. The van der Waals surface area contributed by atoms with Gasteiger partial charge in [0.05, 0.1) is 0 Å². The maximum absolute atomic E-state index is 13.2. The lowest BCUT2D eigenvalue weighted by atomic mass is 9.92. The van der Waals surface area contributed by atoms with Crippen LogP contribution in [0, 0.1) is 27.7 Å². The van der Waals surface area contributed by atoms with E-state index in [0.717, 1.165) is 22.3 Å². The molecule has 0 saturated heterocycles. The second-order valence-corrected chi connectivity index (χ2v) is 6.11. The summed E-state index contributed by atoms with van der Waals surface area (Å²) in [5, 5.41) is 0. The normalized spacial score (nSPS) is 11.6. The van der Waals surface area contributed by atoms with Crippen LogP contribution < -0.4 is 0 Å². The standard InChI is InChI=1S/C20H24O3/c1-13-7-14(2)10-17(9-13)19(21)20(22-5,23-6)18-11-15(3)8-16(4)12-18/h7-12H,1-6H3. The lowest BCUT2D eigenvalue weighted by Gasteiger charge is -2.30. The molecule has 0 bridgehead atoms. The van der Waals surface area contributed by atoms with Crippen LogP contribution in [0.4, 0.5) is 0 Å². The molecule has 0 heterocycles. The Morgan fingerprint density at radius 3 is 1.52 bits per heavy atom. The van der Waals surface area contributed by atoms with Crippen molar-refractivity contribution in [3.8, 4) is 0 Å². The molecule has 0 atom stereocenters. The first-order valence-corrected chi connectivity index (χ1v) is 7.64. The van der Waals surface area contributed by atoms with Gasteiger partial charge >= 0.3 is 0 Å². The first kappa shape index (κ1) is 17.4. The Morgan fingerprint density at radius 1 is 0.739 bits per heavy atom. The van der Waals surface area contributed by atoms with Gasteiger partial charge in [-0.1, -0.05) is 46.5 Å². The van der Waals surface area contributed by atoms with Gasteiger partial charge in [-0.2, -0.15) is 0 Å². The van der Waals surface area contributed by atoms with Crippen LogP contribution in [0.1, 0.15) is 38.2 Å². The van der Waals surface area contributed by atoms with Crippen molar-refractivity contribution in [3.63, 3.8) is 0 Å². The fraction of sp³-hybridized carbons (Fsp3) is 0.350. The van der Waals surface area contributed by atoms with Crippen molar-refractivity contribution in [2.24, 2.45) is 0 Å². The van der Waals surface area contributed by atoms with Crippen molar-refractivity contribution in [2.45, 2.75) is 33.5 Å². The second-order valence-electron chi connectivity index (χ2n) is 6.11. The number of carbonyl (C=O) groups excluding carboxylic acids is 1. The van der Waals surface area contributed by atoms with E-state index in [4.69, 9.17) is 9.47 Å². The van der Waals surface area contributed by atoms with E-state index < -0.39 is 5.79 Å². The topological polar surface area (TPSA) is 35.5 Å². The molecule has 0 saturated carbocycles. The first-order chi connectivity index (χ1) is 10.8. The zero-order chi connectivity index (χ0) is 17.2. The Morgan fingerprint density at radius 2 is 1.13 bits per heavy atom. The molecular formula is C20H24O3. The van der Waals surface area contributed by atoms with Crippen molar-refractivity contribution in [3.05, 3.63) is 69.8 Å². The number of hydrogen-bond donors (Lipinski definition) is 0. The average Bonchev–Trinajstić information content (AvgIpc) is 2.47. The van der Waals surface area contributed by atoms with E-state index in [0.29, 0.717) is 11.1 Å². The van der Waals surface area contributed by atoms with Crippen LogP contribution in [0.25, 0.3) is 0 Å². The highest BCUT2D eigenvalue weighted by molar-refractivity contribution is 6.02. The number of benzene rings is 2. The highest BCUT2D eigenvalue weighted by atomic mass is 16.7. The summed E-state index contributed by atoms with van der Waals surface area (Å²) < 4.78 is 11.2. The zero-order valence-corrected chi connectivity index (χ0v) is 14.7. The molecule has 0 aliphatic carbocycles. The number of ketones is 1. The summed E-state index contributed by atoms with van der Waals surface area (Å²) in [4.78, 5) is 13.2. The van der Waals surface area contributed by atoms with E-state index >= 15 is 0 Å². The molecule has 0 fully saturated rings. The number of hydrogen-bond acceptors (Lipinski definition) is 3. The van der Waals surface area contributed by atoms with E-state index in [9.17, 15) is 4.79 Å². The number of aryl methyl sites for hydroxylation is 4. The van der Waals surface area contributed by atoms with Gasteiger partial charge in [0.25, 0.3) is 5.79 Å². The molecule has 23 heavy (non-hydrogen) atoms. The van der Waals surface area contributed by atoms with Crippen LogP contribution in [0.3, 0.4) is 0 Å². The molecule has 2 aromatic rings. The molecular weight excluding hydrogens is 288 g/mol. The molecule has 0 unspecified atom stereocenters. The molecule has 0 aromatic heterocycles. The third-order valence-electron chi connectivity index (χ3n) is 3.96. The third kappa shape index (κ3) is 3.36. The van der Waals surface area contributed by atoms with Crippen LogP contribution >= 0.6 is 0 Å². The van der Waals surface area contributed by atoms with Gasteiger partial charge in [0, 0.05) is 25.3 Å². The summed E-state index contributed by atoms with van der Waals surface area (Å²) in [6.07, 6.45) is 0. The smallest absolute Gasteiger partial charge is 0.260 e. The van der Waals surface area contributed by atoms with Crippen molar-refractivity contribution in [1.29, 1.82) is 0 Å². The van der Waals surface area contributed by atoms with Gasteiger partial charge in [0.2, 0.25) is 5.78 Å². The Hall–Kier alpha value is -1.97. The summed E-state index contributed by atoms with van der Waals surface area (Å²) in [6.45, 7) is 7.94. The summed E-state index contributed by atoms with van der Waals surface area (Å²) in [6, 6.07) is 11.7. The number of ether oxygens (including phenoxy) is 2. The fourth-order valence-electron chi connectivity index (χ4n) is 3.10. The predicted octanol–water partition coefficient (Wildman–Crippen LogP) is 4.25. The SMILES string of the molecule is COC(OC)(C(=O)c1cc(C)cc(C)c1)c1cc(C)cc(C)c1. The average molecular weight is 312 g/mol. The Kier molecular flexibility index (Phi) is 5.03. The van der Waals surface area contributed by atoms with Crippen LogP contribution in [-0.4, -0.2) is 20.0 Å². The minimum Gasteiger partial charge on any atom is -0.343 e. The molecule has 0 spiro atoms. The summed E-state index contributed by atoms with van der Waals surface area (Å²) in [7, 11) is 3.00. The molecule has 0 amide bonds. The van der Waals surface area contributed by atoms with E-state index in [-0.39, 0.29) is 5.78 Å². The van der Waals surface area contributed by atoms with Crippen molar-refractivity contribution in [2.75, 3.05) is 14.2 Å². The minimum absolute atomic E-state index is 0.195. The monoisotopic (exact) mass is 312 g/mol. The van der Waals surface area contributed by atoms with Gasteiger partial charge in [0.15, 0.2) is 0 Å². The lowest BCUT2D eigenvalue weighted by molar-refractivity contribution is -0.176. The zero-order valence-electron chi connectivity index (χ0n) is 14.7. The van der Waals surface area contributed by atoms with E-state index in [1.807, 2.05) is 58.0 Å². The van der Waals surface area contributed by atoms with Gasteiger partial charge in [-0.3, -0.25) is 4.79 Å². The fourth-order valence-corrected chi connectivity index (χ4v) is 3.10. The number of rotatable bonds is 5. The molecule has 2 rings (SSSR count). The third-order valence-corrected chi connectivity index (χ3v) is 3.96. The van der Waals surface area contributed by atoms with Crippen molar-refractivity contribution < 1.29 is 14.3 Å². The highest BCUT2D eigenvalue weighted by Gasteiger charge is 2.42. The molecule has 0 aliphatic rings. The minimum atomic E-state index is -1.43. The molecule has 0 N–H and O–H groups in total. The number of Topliss-reactive ketones (excluding diaryl/α,β-unsaturated/α-hetero) is 1. The molecule has 122 valence electrons. The molecule has 0 aliphatic heterocycles. The maximum atomic E-state index is 13.2. The first-order valence-electron chi connectivity index (χ1n) is 7.64. The number of methoxy groups -OCH3 is 2. The largest absolute Gasteiger partial charge is 0.343 e. The van der Waals surface area contributed by atoms with Crippen LogP contribution in [-0.2, 0) is 15.3 Å². The Labute approximate surface area is 138 Å². The van der Waals surface area contributed by atoms with E-state index in [1.165, 1.54) is 14.2 Å². The van der Waals surface area contributed by atoms with Gasteiger partial charge in [-0.05, 0) is 39.8 Å². The van der Waals surface area contributed by atoms with Gasteiger partial charge < -0.3 is 9.47 Å². The van der Waals surface area contributed by atoms with Crippen molar-refractivity contribution in [1.82, 2.24) is 0 Å². The van der Waals surface area contributed by atoms with Gasteiger partial charge in [0.1, 0.15) is 0 Å².